The number of hydrogen-bond donors (Lipinski definition) is 3. The first-order chi connectivity index (χ1) is 17.8. The number of aromatic amines is 2. The van der Waals surface area contributed by atoms with Gasteiger partial charge in [-0.3, -0.25) is 4.98 Å². The maximum atomic E-state index is 14.6. The van der Waals surface area contributed by atoms with Crippen molar-refractivity contribution in [2.24, 2.45) is 0 Å². The van der Waals surface area contributed by atoms with Gasteiger partial charge in [-0.2, -0.15) is 0 Å². The molecule has 0 atom stereocenters. The van der Waals surface area contributed by atoms with E-state index in [1.165, 1.54) is 17.7 Å². The Morgan fingerprint density at radius 2 is 1.86 bits per heavy atom. The lowest BCUT2D eigenvalue weighted by molar-refractivity contribution is 0.0692. The van der Waals surface area contributed by atoms with Crippen LogP contribution < -0.4 is 0 Å². The maximum Gasteiger partial charge on any atom is 0.352 e. The van der Waals surface area contributed by atoms with Crippen LogP contribution in [0.15, 0.2) is 60.9 Å². The van der Waals surface area contributed by atoms with Crippen LogP contribution in [0.1, 0.15) is 58.2 Å². The molecule has 0 aliphatic heterocycles. The van der Waals surface area contributed by atoms with Crippen molar-refractivity contribution in [1.29, 1.82) is 0 Å². The molecule has 0 amide bonds. The number of carboxylic acids is 1. The van der Waals surface area contributed by atoms with Crippen molar-refractivity contribution in [3.63, 3.8) is 0 Å². The molecule has 5 nitrogen and oxygen atoms in total. The number of rotatable bonds is 5. The number of halogens is 1. The highest BCUT2D eigenvalue weighted by Crippen LogP contribution is 2.45. The minimum atomic E-state index is -1.06. The topological polar surface area (TPSA) is 81.8 Å². The molecule has 6 rings (SSSR count). The molecule has 0 saturated heterocycles. The molecule has 0 unspecified atom stereocenters. The third-order valence-electron chi connectivity index (χ3n) is 7.17. The molecule has 3 N–H and O–H groups in total. The number of nitrogens with one attached hydrogen (secondary N) is 2. The van der Waals surface area contributed by atoms with Crippen LogP contribution in [-0.4, -0.2) is 26.0 Å². The average molecular weight is 492 g/mol. The van der Waals surface area contributed by atoms with Crippen molar-refractivity contribution >= 4 is 28.5 Å². The molecule has 0 saturated carbocycles. The summed E-state index contributed by atoms with van der Waals surface area (Å²) in [5, 5.41) is 11.1. The van der Waals surface area contributed by atoms with E-state index in [-0.39, 0.29) is 17.4 Å². The second kappa shape index (κ2) is 8.59. The number of H-pyrrole nitrogens is 2. The molecule has 1 aliphatic rings. The van der Waals surface area contributed by atoms with E-state index in [4.69, 9.17) is 0 Å². The maximum absolute atomic E-state index is 14.6. The Labute approximate surface area is 213 Å². The lowest BCUT2D eigenvalue weighted by Gasteiger charge is -2.14. The summed E-state index contributed by atoms with van der Waals surface area (Å²) < 4.78 is 14.6. The number of benzene rings is 2. The van der Waals surface area contributed by atoms with Crippen LogP contribution in [0.25, 0.3) is 44.9 Å². The SMILES string of the molecule is Cc1ccc(C2=Cc3c(-c4c(C(=O)O)[nH]c(-c5cc(F)cc6[nH]ccc56)c4C(C)C)ccnc3C2)cc1. The predicted molar refractivity (Wildman–Crippen MR) is 145 cm³/mol. The van der Waals surface area contributed by atoms with Gasteiger partial charge in [0.25, 0.3) is 0 Å². The number of hydrogen-bond acceptors (Lipinski definition) is 2. The largest absolute Gasteiger partial charge is 0.477 e. The molecule has 5 aromatic rings. The number of pyridine rings is 1. The number of carbonyl (C=O) groups is 1. The van der Waals surface area contributed by atoms with E-state index in [1.807, 2.05) is 26.0 Å². The zero-order valence-electron chi connectivity index (χ0n) is 20.8. The van der Waals surface area contributed by atoms with Gasteiger partial charge in [0, 0.05) is 46.4 Å². The summed E-state index contributed by atoms with van der Waals surface area (Å²) in [6.45, 7) is 6.13. The summed E-state index contributed by atoms with van der Waals surface area (Å²) in [5.74, 6) is -1.48. The fourth-order valence-corrected chi connectivity index (χ4v) is 5.48. The Morgan fingerprint density at radius 3 is 2.59 bits per heavy atom. The van der Waals surface area contributed by atoms with Crippen molar-refractivity contribution in [1.82, 2.24) is 15.0 Å². The smallest absolute Gasteiger partial charge is 0.352 e. The first-order valence-electron chi connectivity index (χ1n) is 12.3. The number of carboxylic acid groups (broad SMARTS) is 1. The summed E-state index contributed by atoms with van der Waals surface area (Å²) >= 11 is 0. The molecule has 1 aliphatic carbocycles. The second-order valence-electron chi connectivity index (χ2n) is 9.95. The van der Waals surface area contributed by atoms with Crippen LogP contribution in [0.5, 0.6) is 0 Å². The van der Waals surface area contributed by atoms with Crippen LogP contribution in [0.3, 0.4) is 0 Å². The van der Waals surface area contributed by atoms with E-state index in [1.54, 1.807) is 12.4 Å². The number of allylic oxidation sites excluding steroid dienone is 1. The summed E-state index contributed by atoms with van der Waals surface area (Å²) in [6.07, 6.45) is 6.31. The second-order valence-corrected chi connectivity index (χ2v) is 9.95. The summed E-state index contributed by atoms with van der Waals surface area (Å²) in [5.41, 5.74) is 9.62. The number of nitrogens with zero attached hydrogens (tertiary/aromatic N) is 1. The standard InChI is InChI=1S/C31H26FN3O2/c1-16(2)27-28(22-9-11-33-25-13-19(12-23(22)25)18-6-4-17(3)5-7-18)30(31(36)37)35-29(27)24-14-20(32)15-26-21(24)8-10-34-26/h4-12,14-16,34-35H,13H2,1-3H3,(H,36,37). The fourth-order valence-electron chi connectivity index (χ4n) is 5.48. The Balaban J connectivity index is 1.61. The molecule has 3 aromatic heterocycles. The molecule has 0 bridgehead atoms. The molecule has 3 heterocycles. The number of aryl methyl sites for hydroxylation is 1. The molecular formula is C31H26FN3O2. The first kappa shape index (κ1) is 23.0. The van der Waals surface area contributed by atoms with E-state index in [0.717, 1.165) is 38.9 Å². The Hall–Kier alpha value is -4.45. The third-order valence-corrected chi connectivity index (χ3v) is 7.17. The normalized spacial score (nSPS) is 12.8. The average Bonchev–Trinajstić information content (AvgIpc) is 3.60. The third kappa shape index (κ3) is 3.76. The van der Waals surface area contributed by atoms with Gasteiger partial charge in [-0.25, -0.2) is 9.18 Å². The van der Waals surface area contributed by atoms with E-state index >= 15 is 0 Å². The summed E-state index contributed by atoms with van der Waals surface area (Å²) in [7, 11) is 0. The quantitative estimate of drug-likeness (QED) is 0.237. The summed E-state index contributed by atoms with van der Waals surface area (Å²) in [4.78, 5) is 23.4. The summed E-state index contributed by atoms with van der Waals surface area (Å²) in [6, 6.07) is 15.1. The Kier molecular flexibility index (Phi) is 5.33. The highest BCUT2D eigenvalue weighted by Gasteiger charge is 2.30. The van der Waals surface area contributed by atoms with Crippen LogP contribution in [0.2, 0.25) is 0 Å². The number of aromatic carboxylic acids is 1. The van der Waals surface area contributed by atoms with E-state index in [9.17, 15) is 14.3 Å². The van der Waals surface area contributed by atoms with Gasteiger partial charge < -0.3 is 15.1 Å². The Bertz CT molecular complexity index is 1720. The molecule has 184 valence electrons. The predicted octanol–water partition coefficient (Wildman–Crippen LogP) is 7.59. The molecule has 6 heteroatoms. The molecule has 2 aromatic carbocycles. The Morgan fingerprint density at radius 1 is 1.08 bits per heavy atom. The van der Waals surface area contributed by atoms with Gasteiger partial charge >= 0.3 is 5.97 Å². The highest BCUT2D eigenvalue weighted by atomic mass is 19.1. The van der Waals surface area contributed by atoms with Crippen LogP contribution in [0.4, 0.5) is 4.39 Å². The van der Waals surface area contributed by atoms with Gasteiger partial charge in [0.1, 0.15) is 11.5 Å². The van der Waals surface area contributed by atoms with Crippen LogP contribution >= 0.6 is 0 Å². The van der Waals surface area contributed by atoms with Gasteiger partial charge in [0.2, 0.25) is 0 Å². The minimum absolute atomic E-state index is 0.0302. The van der Waals surface area contributed by atoms with Crippen molar-refractivity contribution in [3.05, 3.63) is 100 Å². The van der Waals surface area contributed by atoms with Crippen LogP contribution in [-0.2, 0) is 6.42 Å². The van der Waals surface area contributed by atoms with Gasteiger partial charge in [0.15, 0.2) is 0 Å². The van der Waals surface area contributed by atoms with Crippen molar-refractivity contribution in [2.75, 3.05) is 0 Å². The van der Waals surface area contributed by atoms with E-state index in [2.05, 4.69) is 52.2 Å². The first-order valence-corrected chi connectivity index (χ1v) is 12.3. The van der Waals surface area contributed by atoms with Crippen molar-refractivity contribution in [3.8, 4) is 22.4 Å². The molecular weight excluding hydrogens is 465 g/mol. The lowest BCUT2D eigenvalue weighted by Crippen LogP contribution is -2.02. The van der Waals surface area contributed by atoms with Gasteiger partial charge in [-0.1, -0.05) is 43.7 Å². The molecule has 0 fully saturated rings. The van der Waals surface area contributed by atoms with Gasteiger partial charge in [0.05, 0.1) is 11.4 Å². The molecule has 37 heavy (non-hydrogen) atoms. The van der Waals surface area contributed by atoms with Gasteiger partial charge in [-0.05, 0) is 65.4 Å². The van der Waals surface area contributed by atoms with Gasteiger partial charge in [-0.15, -0.1) is 0 Å². The van der Waals surface area contributed by atoms with E-state index in [0.29, 0.717) is 28.8 Å². The number of fused-ring (bicyclic) bond motifs is 2. The fraction of sp³-hybridized carbons (Fsp3) is 0.161. The van der Waals surface area contributed by atoms with Crippen LogP contribution in [0, 0.1) is 12.7 Å². The van der Waals surface area contributed by atoms with Crippen molar-refractivity contribution in [2.45, 2.75) is 33.1 Å². The monoisotopic (exact) mass is 491 g/mol. The lowest BCUT2D eigenvalue weighted by atomic mass is 9.88. The van der Waals surface area contributed by atoms with E-state index < -0.39 is 5.97 Å². The minimum Gasteiger partial charge on any atom is -0.477 e. The van der Waals surface area contributed by atoms with Crippen molar-refractivity contribution < 1.29 is 14.3 Å². The zero-order chi connectivity index (χ0) is 25.8. The number of aromatic nitrogens is 3. The molecule has 0 radical (unpaired) electrons. The zero-order valence-corrected chi connectivity index (χ0v) is 20.8. The molecule has 0 spiro atoms. The highest BCUT2D eigenvalue weighted by molar-refractivity contribution is 6.04.